The van der Waals surface area contributed by atoms with E-state index in [-0.39, 0.29) is 0 Å². The Labute approximate surface area is 114 Å². The first kappa shape index (κ1) is 13.8. The van der Waals surface area contributed by atoms with Gasteiger partial charge in [-0.3, -0.25) is 5.43 Å². The van der Waals surface area contributed by atoms with Gasteiger partial charge >= 0.3 is 0 Å². The van der Waals surface area contributed by atoms with E-state index in [0.29, 0.717) is 11.9 Å². The fraction of sp³-hybridized carbons (Fsp3) is 0.750. The quantitative estimate of drug-likeness (QED) is 0.607. The standard InChI is InChI=1S/C12H23N7/c1-3-7-18(2)11-14-10(17-13)15-12(16-11)19-8-5-4-6-9-19/h3-9,13H2,1-2H3,(H,14,15,16,17). The van der Waals surface area contributed by atoms with Gasteiger partial charge in [0.1, 0.15) is 0 Å². The number of nitrogens with two attached hydrogens (primary N) is 1. The lowest BCUT2D eigenvalue weighted by Crippen LogP contribution is -2.32. The average molecular weight is 265 g/mol. The molecule has 0 spiro atoms. The van der Waals surface area contributed by atoms with E-state index in [2.05, 4.69) is 32.2 Å². The summed E-state index contributed by atoms with van der Waals surface area (Å²) in [5, 5.41) is 0. The summed E-state index contributed by atoms with van der Waals surface area (Å²) >= 11 is 0. The Kier molecular flexibility index (Phi) is 4.73. The molecule has 0 atom stereocenters. The molecule has 0 unspecified atom stereocenters. The highest BCUT2D eigenvalue weighted by molar-refractivity contribution is 5.44. The zero-order valence-corrected chi connectivity index (χ0v) is 11.8. The molecule has 2 heterocycles. The first-order chi connectivity index (χ1) is 9.24. The first-order valence-corrected chi connectivity index (χ1v) is 6.93. The molecule has 0 saturated carbocycles. The van der Waals surface area contributed by atoms with Gasteiger partial charge in [0.15, 0.2) is 0 Å². The molecular formula is C12H23N7. The van der Waals surface area contributed by atoms with Crippen LogP contribution in [0.5, 0.6) is 0 Å². The Bertz CT molecular complexity index is 403. The van der Waals surface area contributed by atoms with Gasteiger partial charge in [0.25, 0.3) is 0 Å². The lowest BCUT2D eigenvalue weighted by Gasteiger charge is -2.27. The Morgan fingerprint density at radius 1 is 1.21 bits per heavy atom. The fourth-order valence-corrected chi connectivity index (χ4v) is 2.26. The number of nitrogens with one attached hydrogen (secondary N) is 1. The van der Waals surface area contributed by atoms with Crippen molar-refractivity contribution < 1.29 is 0 Å². The van der Waals surface area contributed by atoms with E-state index in [1.54, 1.807) is 0 Å². The van der Waals surface area contributed by atoms with Crippen molar-refractivity contribution in [1.29, 1.82) is 0 Å². The molecule has 0 radical (unpaired) electrons. The number of aromatic nitrogens is 3. The Morgan fingerprint density at radius 2 is 1.95 bits per heavy atom. The van der Waals surface area contributed by atoms with E-state index in [1.807, 2.05) is 11.9 Å². The average Bonchev–Trinajstić information content (AvgIpc) is 2.48. The third-order valence-corrected chi connectivity index (χ3v) is 3.28. The molecular weight excluding hydrogens is 242 g/mol. The number of hydrogen-bond donors (Lipinski definition) is 2. The van der Waals surface area contributed by atoms with Gasteiger partial charge in [-0.25, -0.2) is 5.84 Å². The van der Waals surface area contributed by atoms with Crippen LogP contribution in [0.2, 0.25) is 0 Å². The van der Waals surface area contributed by atoms with Crippen LogP contribution in [0.1, 0.15) is 32.6 Å². The van der Waals surface area contributed by atoms with Crippen LogP contribution in [0, 0.1) is 0 Å². The summed E-state index contributed by atoms with van der Waals surface area (Å²) in [5.41, 5.74) is 2.53. The van der Waals surface area contributed by atoms with E-state index in [4.69, 9.17) is 5.84 Å². The molecule has 106 valence electrons. The van der Waals surface area contributed by atoms with Gasteiger partial charge in [0.05, 0.1) is 0 Å². The molecule has 1 aliphatic rings. The van der Waals surface area contributed by atoms with Crippen molar-refractivity contribution in [2.45, 2.75) is 32.6 Å². The van der Waals surface area contributed by atoms with Gasteiger partial charge in [-0.15, -0.1) is 0 Å². The van der Waals surface area contributed by atoms with Crippen LogP contribution in [0.4, 0.5) is 17.8 Å². The van der Waals surface area contributed by atoms with Gasteiger partial charge in [-0.1, -0.05) is 6.92 Å². The Hall–Kier alpha value is -1.63. The van der Waals surface area contributed by atoms with E-state index in [0.717, 1.165) is 32.0 Å². The van der Waals surface area contributed by atoms with Gasteiger partial charge in [0, 0.05) is 26.7 Å². The second-order valence-electron chi connectivity index (χ2n) is 4.87. The van der Waals surface area contributed by atoms with Crippen LogP contribution >= 0.6 is 0 Å². The zero-order valence-electron chi connectivity index (χ0n) is 11.8. The van der Waals surface area contributed by atoms with E-state index < -0.39 is 0 Å². The molecule has 1 aromatic heterocycles. The molecule has 2 rings (SSSR count). The van der Waals surface area contributed by atoms with Crippen molar-refractivity contribution in [1.82, 2.24) is 15.0 Å². The molecule has 1 aliphatic heterocycles. The molecule has 0 aliphatic carbocycles. The van der Waals surface area contributed by atoms with Crippen molar-refractivity contribution in [2.75, 3.05) is 41.9 Å². The second kappa shape index (κ2) is 6.51. The molecule has 3 N–H and O–H groups in total. The summed E-state index contributed by atoms with van der Waals surface area (Å²) in [6.45, 7) is 5.05. The number of nitrogen functional groups attached to an aromatic ring is 1. The summed E-state index contributed by atoms with van der Waals surface area (Å²) < 4.78 is 0. The van der Waals surface area contributed by atoms with Crippen molar-refractivity contribution in [2.24, 2.45) is 5.84 Å². The van der Waals surface area contributed by atoms with E-state index in [9.17, 15) is 0 Å². The highest BCUT2D eigenvalue weighted by atomic mass is 15.4. The maximum Gasteiger partial charge on any atom is 0.243 e. The number of piperidine rings is 1. The molecule has 19 heavy (non-hydrogen) atoms. The summed E-state index contributed by atoms with van der Waals surface area (Å²) in [6, 6.07) is 0. The maximum absolute atomic E-state index is 5.45. The number of hydrazine groups is 1. The minimum absolute atomic E-state index is 0.425. The van der Waals surface area contributed by atoms with Crippen molar-refractivity contribution >= 4 is 17.8 Å². The molecule has 7 heteroatoms. The van der Waals surface area contributed by atoms with Crippen LogP contribution in [0.3, 0.4) is 0 Å². The van der Waals surface area contributed by atoms with Crippen LogP contribution in [0.25, 0.3) is 0 Å². The van der Waals surface area contributed by atoms with Crippen LogP contribution < -0.4 is 21.1 Å². The summed E-state index contributed by atoms with van der Waals surface area (Å²) in [7, 11) is 1.99. The topological polar surface area (TPSA) is 83.2 Å². The Balaban J connectivity index is 2.24. The summed E-state index contributed by atoms with van der Waals surface area (Å²) in [5.74, 6) is 7.27. The van der Waals surface area contributed by atoms with Crippen molar-refractivity contribution in [3.05, 3.63) is 0 Å². The van der Waals surface area contributed by atoms with Crippen LogP contribution in [-0.4, -0.2) is 41.6 Å². The van der Waals surface area contributed by atoms with Crippen LogP contribution in [0.15, 0.2) is 0 Å². The van der Waals surface area contributed by atoms with Gasteiger partial charge in [-0.05, 0) is 25.7 Å². The highest BCUT2D eigenvalue weighted by Gasteiger charge is 2.17. The number of rotatable bonds is 5. The van der Waals surface area contributed by atoms with Crippen LogP contribution in [-0.2, 0) is 0 Å². The molecule has 7 nitrogen and oxygen atoms in total. The first-order valence-electron chi connectivity index (χ1n) is 6.93. The largest absolute Gasteiger partial charge is 0.344 e. The summed E-state index contributed by atoms with van der Waals surface area (Å²) in [4.78, 5) is 17.5. The minimum Gasteiger partial charge on any atom is -0.344 e. The predicted molar refractivity (Wildman–Crippen MR) is 77.3 cm³/mol. The summed E-state index contributed by atoms with van der Waals surface area (Å²) in [6.07, 6.45) is 4.72. The van der Waals surface area contributed by atoms with Gasteiger partial charge in [-0.2, -0.15) is 15.0 Å². The van der Waals surface area contributed by atoms with Crippen molar-refractivity contribution in [3.8, 4) is 0 Å². The number of nitrogens with zero attached hydrogens (tertiary/aromatic N) is 5. The number of anilines is 3. The van der Waals surface area contributed by atoms with Crippen molar-refractivity contribution in [3.63, 3.8) is 0 Å². The molecule has 0 aromatic carbocycles. The highest BCUT2D eigenvalue weighted by Crippen LogP contribution is 2.19. The molecule has 1 fully saturated rings. The molecule has 0 amide bonds. The minimum atomic E-state index is 0.425. The molecule has 0 bridgehead atoms. The smallest absolute Gasteiger partial charge is 0.243 e. The third kappa shape index (κ3) is 3.44. The van der Waals surface area contributed by atoms with Gasteiger partial charge < -0.3 is 9.80 Å². The van der Waals surface area contributed by atoms with Gasteiger partial charge in [0.2, 0.25) is 17.8 Å². The van der Waals surface area contributed by atoms with E-state index >= 15 is 0 Å². The molecule has 1 saturated heterocycles. The molecule has 1 aromatic rings. The fourth-order valence-electron chi connectivity index (χ4n) is 2.26. The monoisotopic (exact) mass is 265 g/mol. The second-order valence-corrected chi connectivity index (χ2v) is 4.87. The maximum atomic E-state index is 5.45. The zero-order chi connectivity index (χ0) is 13.7. The van der Waals surface area contributed by atoms with E-state index in [1.165, 1.54) is 19.3 Å². The predicted octanol–water partition coefficient (Wildman–Crippen LogP) is 0.994. The number of hydrogen-bond acceptors (Lipinski definition) is 7. The third-order valence-electron chi connectivity index (χ3n) is 3.28. The Morgan fingerprint density at radius 3 is 2.58 bits per heavy atom. The lowest BCUT2D eigenvalue weighted by atomic mass is 10.1. The SMILES string of the molecule is CCCN(C)c1nc(NN)nc(N2CCCCC2)n1. The lowest BCUT2D eigenvalue weighted by molar-refractivity contribution is 0.567. The normalized spacial score (nSPS) is 15.4.